The first-order valence-electron chi connectivity index (χ1n) is 4.82. The van der Waals surface area contributed by atoms with Crippen LogP contribution in [0.4, 0.5) is 0 Å². The van der Waals surface area contributed by atoms with Gasteiger partial charge in [0.15, 0.2) is 0 Å². The van der Waals surface area contributed by atoms with Crippen LogP contribution in [0.3, 0.4) is 0 Å². The Balaban J connectivity index is 0.000000853. The predicted octanol–water partition coefficient (Wildman–Crippen LogP) is -2.49. The van der Waals surface area contributed by atoms with Gasteiger partial charge in [-0.3, -0.25) is 0 Å². The topological polar surface area (TPSA) is 40.8 Å². The molecule has 3 saturated heterocycles. The maximum Gasteiger partial charge on any atom is 1.00 e. The molecule has 4 heterocycles. The second-order valence-corrected chi connectivity index (χ2v) is 4.40. The summed E-state index contributed by atoms with van der Waals surface area (Å²) in [4.78, 5) is 0. The van der Waals surface area contributed by atoms with E-state index in [1.807, 2.05) is 12.1 Å². The predicted molar refractivity (Wildman–Crippen MR) is 50.1 cm³/mol. The standard InChI is InChI=1S/C9H12BO4.Li/c1-9-5-12-10(13-6-9,14-7-9)8-3-2-4-11-8;/h2-4H,5-7H2,1H3;/q-1;+1. The molecule has 0 saturated carbocycles. The van der Waals surface area contributed by atoms with Crippen LogP contribution in [-0.4, -0.2) is 26.6 Å². The fourth-order valence-corrected chi connectivity index (χ4v) is 1.94. The summed E-state index contributed by atoms with van der Waals surface area (Å²) in [6, 6.07) is 3.64. The first-order valence-corrected chi connectivity index (χ1v) is 4.82. The van der Waals surface area contributed by atoms with E-state index in [0.29, 0.717) is 25.5 Å². The molecular formula is C9H12BLiO4. The molecule has 0 radical (unpaired) electrons. The minimum absolute atomic E-state index is 0. The fourth-order valence-electron chi connectivity index (χ4n) is 1.94. The van der Waals surface area contributed by atoms with Crippen molar-refractivity contribution in [2.45, 2.75) is 6.92 Å². The molecule has 4 rings (SSSR count). The van der Waals surface area contributed by atoms with Gasteiger partial charge in [-0.25, -0.2) is 0 Å². The van der Waals surface area contributed by atoms with Gasteiger partial charge in [0.2, 0.25) is 0 Å². The van der Waals surface area contributed by atoms with E-state index in [4.69, 9.17) is 18.4 Å². The Morgan fingerprint density at radius 2 is 1.80 bits per heavy atom. The molecule has 0 unspecified atom stereocenters. The summed E-state index contributed by atoms with van der Waals surface area (Å²) >= 11 is 0. The van der Waals surface area contributed by atoms with Crippen molar-refractivity contribution in [2.24, 2.45) is 5.41 Å². The van der Waals surface area contributed by atoms with Gasteiger partial charge in [0.1, 0.15) is 0 Å². The normalized spacial score (nSPS) is 38.7. The van der Waals surface area contributed by atoms with Crippen molar-refractivity contribution in [3.63, 3.8) is 0 Å². The smallest absolute Gasteiger partial charge is 0.538 e. The van der Waals surface area contributed by atoms with Gasteiger partial charge in [0.05, 0.1) is 6.26 Å². The summed E-state index contributed by atoms with van der Waals surface area (Å²) in [6.45, 7) is 2.34. The molecule has 15 heavy (non-hydrogen) atoms. The van der Waals surface area contributed by atoms with Crippen LogP contribution in [0.1, 0.15) is 6.92 Å². The molecule has 0 aliphatic carbocycles. The van der Waals surface area contributed by atoms with Crippen molar-refractivity contribution >= 4 is 12.4 Å². The molecule has 76 valence electrons. The molecule has 0 atom stereocenters. The largest absolute Gasteiger partial charge is 1.00 e. The van der Waals surface area contributed by atoms with Crippen LogP contribution in [-0.2, 0) is 14.0 Å². The van der Waals surface area contributed by atoms with E-state index in [1.54, 1.807) is 6.26 Å². The molecule has 0 aromatic carbocycles. The van der Waals surface area contributed by atoms with E-state index in [-0.39, 0.29) is 24.3 Å². The molecule has 0 N–H and O–H groups in total. The zero-order valence-electron chi connectivity index (χ0n) is 9.06. The molecule has 6 heteroatoms. The second kappa shape index (κ2) is 3.69. The summed E-state index contributed by atoms with van der Waals surface area (Å²) in [7, 11) is 0. The van der Waals surface area contributed by atoms with Gasteiger partial charge in [-0.05, 0) is 6.07 Å². The van der Waals surface area contributed by atoms with Gasteiger partial charge in [-0.15, -0.1) is 0 Å². The summed E-state index contributed by atoms with van der Waals surface area (Å²) < 4.78 is 22.2. The quantitative estimate of drug-likeness (QED) is 0.472. The number of fused-ring (bicyclic) bond motifs is 3. The molecule has 1 aromatic rings. The van der Waals surface area contributed by atoms with Crippen molar-refractivity contribution in [1.82, 2.24) is 0 Å². The minimum atomic E-state index is -1.78. The Morgan fingerprint density at radius 1 is 1.20 bits per heavy atom. The van der Waals surface area contributed by atoms with Crippen LogP contribution in [0.15, 0.2) is 22.8 Å². The SMILES string of the molecule is CC12CO[B-](c3ccco3)(OC1)OC2.[Li+]. The maximum absolute atomic E-state index is 5.64. The van der Waals surface area contributed by atoms with E-state index in [1.165, 1.54) is 0 Å². The molecule has 3 fully saturated rings. The summed E-state index contributed by atoms with van der Waals surface area (Å²) in [5.41, 5.74) is 0.655. The number of furan rings is 1. The van der Waals surface area contributed by atoms with Gasteiger partial charge >= 0.3 is 25.6 Å². The first-order chi connectivity index (χ1) is 6.73. The van der Waals surface area contributed by atoms with Crippen molar-refractivity contribution in [1.29, 1.82) is 0 Å². The van der Waals surface area contributed by atoms with E-state index in [2.05, 4.69) is 6.92 Å². The summed E-state index contributed by atoms with van der Waals surface area (Å²) in [5.74, 6) is 0. The third kappa shape index (κ3) is 1.69. The summed E-state index contributed by atoms with van der Waals surface area (Å²) in [5, 5.41) is 0. The van der Waals surface area contributed by atoms with E-state index >= 15 is 0 Å². The second-order valence-electron chi connectivity index (χ2n) is 4.40. The van der Waals surface area contributed by atoms with Gasteiger partial charge in [0.25, 0.3) is 0 Å². The van der Waals surface area contributed by atoms with Crippen LogP contribution in [0.2, 0.25) is 0 Å². The van der Waals surface area contributed by atoms with E-state index in [9.17, 15) is 0 Å². The van der Waals surface area contributed by atoms with E-state index in [0.717, 1.165) is 0 Å². The molecule has 1 aromatic heterocycles. The molecule has 3 aliphatic rings. The Morgan fingerprint density at radius 3 is 2.27 bits per heavy atom. The Hall–Kier alpha value is -0.178. The van der Waals surface area contributed by atoms with Crippen LogP contribution in [0, 0.1) is 5.41 Å². The van der Waals surface area contributed by atoms with Crippen molar-refractivity contribution < 1.29 is 37.2 Å². The van der Waals surface area contributed by atoms with Gasteiger partial charge in [-0.1, -0.05) is 13.0 Å². The Kier molecular flexibility index (Phi) is 2.78. The average molecular weight is 202 g/mol. The molecular weight excluding hydrogens is 190 g/mol. The molecule has 3 aliphatic heterocycles. The van der Waals surface area contributed by atoms with E-state index < -0.39 is 6.75 Å². The fraction of sp³-hybridized carbons (Fsp3) is 0.556. The van der Waals surface area contributed by atoms with Crippen LogP contribution in [0.25, 0.3) is 0 Å². The van der Waals surface area contributed by atoms with Crippen LogP contribution >= 0.6 is 0 Å². The maximum atomic E-state index is 5.64. The zero-order valence-corrected chi connectivity index (χ0v) is 9.06. The Labute approximate surface area is 100 Å². The van der Waals surface area contributed by atoms with Crippen molar-refractivity contribution in [3.05, 3.63) is 18.4 Å². The molecule has 0 spiro atoms. The zero-order chi connectivity index (χ0) is 9.65. The third-order valence-corrected chi connectivity index (χ3v) is 2.85. The van der Waals surface area contributed by atoms with Crippen LogP contribution in [0.5, 0.6) is 0 Å². The van der Waals surface area contributed by atoms with Crippen molar-refractivity contribution in [2.75, 3.05) is 19.8 Å². The number of hydrogen-bond acceptors (Lipinski definition) is 4. The monoisotopic (exact) mass is 202 g/mol. The Bertz CT molecular complexity index is 315. The summed E-state index contributed by atoms with van der Waals surface area (Å²) in [6.07, 6.45) is 1.60. The van der Waals surface area contributed by atoms with Gasteiger partial charge in [0, 0.05) is 30.9 Å². The first kappa shape index (κ1) is 11.3. The molecule has 2 bridgehead atoms. The van der Waals surface area contributed by atoms with Crippen molar-refractivity contribution in [3.8, 4) is 0 Å². The number of rotatable bonds is 1. The molecule has 4 nitrogen and oxygen atoms in total. The van der Waals surface area contributed by atoms with Crippen LogP contribution < -0.4 is 24.5 Å². The third-order valence-electron chi connectivity index (χ3n) is 2.85. The minimum Gasteiger partial charge on any atom is -0.538 e. The van der Waals surface area contributed by atoms with Gasteiger partial charge in [-0.2, -0.15) is 0 Å². The van der Waals surface area contributed by atoms with Gasteiger partial charge < -0.3 is 18.4 Å². The molecule has 0 amide bonds. The average Bonchev–Trinajstić information content (AvgIpc) is 2.73. The number of hydrogen-bond donors (Lipinski definition) is 0.